The molecular formula is C67H66BN3S. The normalized spacial score (nSPS) is 19.1. The molecule has 5 heteroatoms. The van der Waals surface area contributed by atoms with Crippen molar-refractivity contribution in [3.8, 4) is 11.1 Å². The molecule has 0 spiro atoms. The first-order chi connectivity index (χ1) is 34.4. The monoisotopic (exact) mass is 956 g/mol. The average molecular weight is 956 g/mol. The highest BCUT2D eigenvalue weighted by Gasteiger charge is 2.58. The first-order valence-corrected chi connectivity index (χ1v) is 27.3. The number of anilines is 8. The zero-order valence-electron chi connectivity index (χ0n) is 44.1. The van der Waals surface area contributed by atoms with E-state index >= 15 is 0 Å². The van der Waals surface area contributed by atoms with E-state index in [1.165, 1.54) is 140 Å². The topological polar surface area (TPSA) is 9.72 Å². The van der Waals surface area contributed by atoms with E-state index in [0.717, 1.165) is 6.42 Å². The van der Waals surface area contributed by atoms with Crippen LogP contribution in [0.5, 0.6) is 0 Å². The van der Waals surface area contributed by atoms with Crippen molar-refractivity contribution >= 4 is 100 Å². The summed E-state index contributed by atoms with van der Waals surface area (Å²) < 4.78 is 2.64. The molecule has 72 heavy (non-hydrogen) atoms. The van der Waals surface area contributed by atoms with Crippen LogP contribution in [0.2, 0.25) is 0 Å². The molecule has 1 saturated carbocycles. The van der Waals surface area contributed by atoms with Gasteiger partial charge < -0.3 is 14.7 Å². The third kappa shape index (κ3) is 6.54. The third-order valence-corrected chi connectivity index (χ3v) is 18.8. The van der Waals surface area contributed by atoms with Gasteiger partial charge in [-0.2, -0.15) is 0 Å². The number of hydrogen-bond acceptors (Lipinski definition) is 4. The highest BCUT2D eigenvalue weighted by molar-refractivity contribution is 7.25. The van der Waals surface area contributed by atoms with E-state index in [9.17, 15) is 0 Å². The predicted molar refractivity (Wildman–Crippen MR) is 313 cm³/mol. The number of hydrogen-bond donors (Lipinski definition) is 0. The fourth-order valence-electron chi connectivity index (χ4n) is 13.9. The van der Waals surface area contributed by atoms with E-state index in [4.69, 9.17) is 0 Å². The summed E-state index contributed by atoms with van der Waals surface area (Å²) in [6.07, 6.45) is 4.88. The Morgan fingerprint density at radius 1 is 0.500 bits per heavy atom. The van der Waals surface area contributed by atoms with Gasteiger partial charge in [0.05, 0.1) is 11.2 Å². The zero-order valence-corrected chi connectivity index (χ0v) is 44.9. The summed E-state index contributed by atoms with van der Waals surface area (Å²) >= 11 is 1.91. The van der Waals surface area contributed by atoms with Crippen LogP contribution in [0.25, 0.3) is 31.3 Å². The fourth-order valence-corrected chi connectivity index (χ4v) is 15.1. The molecule has 2 unspecified atom stereocenters. The van der Waals surface area contributed by atoms with Crippen LogP contribution in [0, 0.1) is 20.8 Å². The Morgan fingerprint density at radius 3 is 1.88 bits per heavy atom. The molecule has 1 fully saturated rings. The molecule has 13 rings (SSSR count). The summed E-state index contributed by atoms with van der Waals surface area (Å²) in [6, 6.07) is 59.4. The van der Waals surface area contributed by atoms with Gasteiger partial charge in [-0.25, -0.2) is 0 Å². The van der Waals surface area contributed by atoms with Gasteiger partial charge in [-0.1, -0.05) is 146 Å². The molecule has 0 saturated heterocycles. The van der Waals surface area contributed by atoms with Gasteiger partial charge in [0.1, 0.15) is 0 Å². The van der Waals surface area contributed by atoms with Crippen LogP contribution < -0.4 is 31.1 Å². The Morgan fingerprint density at radius 2 is 1.11 bits per heavy atom. The number of aryl methyl sites for hydroxylation is 3. The maximum atomic E-state index is 2.80. The van der Waals surface area contributed by atoms with E-state index in [0.29, 0.717) is 0 Å². The van der Waals surface area contributed by atoms with Crippen molar-refractivity contribution < 1.29 is 0 Å². The minimum absolute atomic E-state index is 0.00383. The molecular weight excluding hydrogens is 890 g/mol. The Kier molecular flexibility index (Phi) is 9.90. The molecule has 358 valence electrons. The van der Waals surface area contributed by atoms with Gasteiger partial charge in [0, 0.05) is 71.0 Å². The van der Waals surface area contributed by atoms with E-state index in [1.54, 1.807) is 5.56 Å². The molecule has 0 N–H and O–H groups in total. The van der Waals surface area contributed by atoms with Gasteiger partial charge in [0.2, 0.25) is 0 Å². The Hall–Kier alpha value is -6.56. The lowest BCUT2D eigenvalue weighted by Crippen LogP contribution is -2.61. The molecule has 1 aliphatic carbocycles. The highest BCUT2D eigenvalue weighted by Crippen LogP contribution is 2.62. The van der Waals surface area contributed by atoms with Crippen molar-refractivity contribution in [2.75, 3.05) is 14.7 Å². The summed E-state index contributed by atoms with van der Waals surface area (Å²) in [5, 5.41) is 2.65. The van der Waals surface area contributed by atoms with Gasteiger partial charge >= 0.3 is 0 Å². The SMILES string of the molecule is Cc1cc2c3c(c1)N(c1ccc(C(C)(C)C)cc1-c1ccccc1)c1cc(C(C)(C)C)ccc1B3c1ccc(N3c4cc(C)cc(C)c4C4(C)CCCCC34C)cc1N2c1ccc2c(c1)sc1ccccc12. The lowest BCUT2D eigenvalue weighted by Gasteiger charge is -2.51. The molecule has 4 aliphatic rings. The molecule has 9 aromatic rings. The second-order valence-corrected chi connectivity index (χ2v) is 25.4. The van der Waals surface area contributed by atoms with Crippen LogP contribution >= 0.6 is 11.3 Å². The number of thiophene rings is 1. The van der Waals surface area contributed by atoms with E-state index < -0.39 is 0 Å². The molecule has 8 aromatic carbocycles. The summed E-state index contributed by atoms with van der Waals surface area (Å²) in [6.45, 7) is 26.2. The minimum Gasteiger partial charge on any atom is -0.334 e. The summed E-state index contributed by atoms with van der Waals surface area (Å²) in [7, 11) is 0. The van der Waals surface area contributed by atoms with Gasteiger partial charge in [0.15, 0.2) is 0 Å². The smallest absolute Gasteiger partial charge is 0.252 e. The first-order valence-electron chi connectivity index (χ1n) is 26.5. The van der Waals surface area contributed by atoms with Crippen LogP contribution in [-0.2, 0) is 16.2 Å². The largest absolute Gasteiger partial charge is 0.334 e. The van der Waals surface area contributed by atoms with Crippen LogP contribution in [0.4, 0.5) is 45.5 Å². The molecule has 0 bridgehead atoms. The molecule has 4 heterocycles. The average Bonchev–Trinajstić information content (AvgIpc) is 3.82. The number of nitrogens with zero attached hydrogens (tertiary/aromatic N) is 3. The molecule has 0 amide bonds. The van der Waals surface area contributed by atoms with Gasteiger partial charge in [0.25, 0.3) is 6.71 Å². The van der Waals surface area contributed by atoms with Crippen molar-refractivity contribution in [3.05, 3.63) is 185 Å². The fraction of sp³-hybridized carbons (Fsp3) is 0.284. The summed E-state index contributed by atoms with van der Waals surface area (Å²) in [5.41, 5.74) is 24.7. The molecule has 0 radical (unpaired) electrons. The second-order valence-electron chi connectivity index (χ2n) is 24.3. The Balaban J connectivity index is 1.11. The van der Waals surface area contributed by atoms with Crippen LogP contribution in [0.3, 0.4) is 0 Å². The molecule has 3 nitrogen and oxygen atoms in total. The third-order valence-electron chi connectivity index (χ3n) is 17.7. The maximum absolute atomic E-state index is 2.80. The zero-order chi connectivity index (χ0) is 49.8. The number of rotatable bonds is 4. The summed E-state index contributed by atoms with van der Waals surface area (Å²) in [4.78, 5) is 8.09. The first kappa shape index (κ1) is 45.3. The predicted octanol–water partition coefficient (Wildman–Crippen LogP) is 17.1. The quantitative estimate of drug-likeness (QED) is 0.163. The Bertz CT molecular complexity index is 3720. The minimum atomic E-state index is -0.0716. The van der Waals surface area contributed by atoms with Crippen molar-refractivity contribution in [2.45, 2.75) is 124 Å². The van der Waals surface area contributed by atoms with E-state index in [-0.39, 0.29) is 28.5 Å². The van der Waals surface area contributed by atoms with Crippen LogP contribution in [0.1, 0.15) is 114 Å². The number of benzene rings is 8. The summed E-state index contributed by atoms with van der Waals surface area (Å²) in [5.74, 6) is 0. The standard InChI is InChI=1S/C67H66BN3S/c1-41-33-43(3)62-57(34-41)71(67(11)32-18-17-31-66(62,67)10)48-26-29-53-56(39-48)69(47-25-27-50-49-21-15-16-22-60(49)72-61(50)40-47)58-35-42(2)36-59-63(58)68(53)52-28-23-46(65(7,8)9)38-55(52)70(59)54-30-24-45(64(4,5)6)37-51(54)44-19-13-12-14-20-44/h12-16,19-30,33-40H,17-18,31-32H2,1-11H3. The van der Waals surface area contributed by atoms with E-state index in [2.05, 4.69) is 243 Å². The second kappa shape index (κ2) is 15.7. The lowest BCUT2D eigenvalue weighted by atomic mass is 9.33. The lowest BCUT2D eigenvalue weighted by molar-refractivity contribution is 0.194. The van der Waals surface area contributed by atoms with Crippen LogP contribution in [-0.4, -0.2) is 12.3 Å². The van der Waals surface area contributed by atoms with Gasteiger partial charge in [-0.15, -0.1) is 11.3 Å². The van der Waals surface area contributed by atoms with Gasteiger partial charge in [-0.3, -0.25) is 0 Å². The molecule has 3 aliphatic heterocycles. The molecule has 1 aromatic heterocycles. The van der Waals surface area contributed by atoms with Gasteiger partial charge in [-0.05, 0) is 173 Å². The van der Waals surface area contributed by atoms with Crippen molar-refractivity contribution in [1.29, 1.82) is 0 Å². The van der Waals surface area contributed by atoms with E-state index in [1.807, 2.05) is 11.3 Å². The van der Waals surface area contributed by atoms with Crippen molar-refractivity contribution in [2.24, 2.45) is 0 Å². The highest BCUT2D eigenvalue weighted by atomic mass is 32.1. The van der Waals surface area contributed by atoms with Crippen molar-refractivity contribution in [3.63, 3.8) is 0 Å². The van der Waals surface area contributed by atoms with Crippen LogP contribution in [0.15, 0.2) is 152 Å². The Labute approximate surface area is 432 Å². The molecule has 2 atom stereocenters. The number of fused-ring (bicyclic) bond motifs is 10. The maximum Gasteiger partial charge on any atom is 0.252 e. The van der Waals surface area contributed by atoms with Crippen molar-refractivity contribution in [1.82, 2.24) is 0 Å².